The molecule has 0 aromatic rings. The van der Waals surface area contributed by atoms with Crippen LogP contribution < -0.4 is 10.0 Å². The topological polar surface area (TPSA) is 58.2 Å². The fourth-order valence-electron chi connectivity index (χ4n) is 1.07. The molecule has 86 valence electrons. The van der Waals surface area contributed by atoms with E-state index in [1.807, 2.05) is 6.92 Å². The molecule has 0 fully saturated rings. The van der Waals surface area contributed by atoms with Crippen LogP contribution in [-0.4, -0.2) is 24.3 Å². The van der Waals surface area contributed by atoms with Crippen molar-refractivity contribution in [1.29, 1.82) is 0 Å². The second kappa shape index (κ2) is 8.49. The highest BCUT2D eigenvalue weighted by molar-refractivity contribution is 7.78. The third-order valence-corrected chi connectivity index (χ3v) is 2.26. The SMILES string of the molecule is C=CCNC(=O)C(=O)C(CCCC)NS. The van der Waals surface area contributed by atoms with E-state index >= 15 is 0 Å². The highest BCUT2D eigenvalue weighted by Crippen LogP contribution is 2.02. The number of carbonyl (C=O) groups is 2. The lowest BCUT2D eigenvalue weighted by Crippen LogP contribution is -2.42. The van der Waals surface area contributed by atoms with Gasteiger partial charge in [-0.05, 0) is 6.42 Å². The minimum Gasteiger partial charge on any atom is -0.346 e. The summed E-state index contributed by atoms with van der Waals surface area (Å²) >= 11 is 3.84. The Balaban J connectivity index is 4.11. The zero-order valence-corrected chi connectivity index (χ0v) is 9.85. The summed E-state index contributed by atoms with van der Waals surface area (Å²) in [5, 5.41) is 2.44. The molecule has 0 aliphatic carbocycles. The molecule has 0 saturated carbocycles. The van der Waals surface area contributed by atoms with Gasteiger partial charge in [-0.1, -0.05) is 38.7 Å². The maximum absolute atomic E-state index is 11.5. The van der Waals surface area contributed by atoms with Crippen LogP contribution in [0.4, 0.5) is 0 Å². The number of amides is 1. The van der Waals surface area contributed by atoms with Crippen LogP contribution in [0.25, 0.3) is 0 Å². The summed E-state index contributed by atoms with van der Waals surface area (Å²) in [6.45, 7) is 5.78. The van der Waals surface area contributed by atoms with Crippen LogP contribution in [0.15, 0.2) is 12.7 Å². The first-order valence-electron chi connectivity index (χ1n) is 4.99. The van der Waals surface area contributed by atoms with Crippen LogP contribution in [0.5, 0.6) is 0 Å². The molecule has 1 amide bonds. The fourth-order valence-corrected chi connectivity index (χ4v) is 1.32. The first kappa shape index (κ1) is 14.2. The molecule has 0 aliphatic rings. The second-order valence-electron chi connectivity index (χ2n) is 3.19. The minimum absolute atomic E-state index is 0.303. The molecule has 0 radical (unpaired) electrons. The van der Waals surface area contributed by atoms with Crippen LogP contribution in [0.2, 0.25) is 0 Å². The first-order chi connectivity index (χ1) is 7.17. The molecule has 0 heterocycles. The van der Waals surface area contributed by atoms with Gasteiger partial charge in [0.05, 0.1) is 6.04 Å². The zero-order chi connectivity index (χ0) is 11.7. The molecule has 2 N–H and O–H groups in total. The van der Waals surface area contributed by atoms with Gasteiger partial charge in [-0.15, -0.1) is 6.58 Å². The Kier molecular flexibility index (Phi) is 8.04. The number of carbonyl (C=O) groups excluding carboxylic acids is 2. The van der Waals surface area contributed by atoms with E-state index in [9.17, 15) is 9.59 Å². The quantitative estimate of drug-likeness (QED) is 0.329. The number of hydrogen-bond acceptors (Lipinski definition) is 4. The van der Waals surface area contributed by atoms with E-state index in [1.54, 1.807) is 0 Å². The van der Waals surface area contributed by atoms with Gasteiger partial charge in [-0.3, -0.25) is 14.3 Å². The van der Waals surface area contributed by atoms with Gasteiger partial charge < -0.3 is 5.32 Å². The lowest BCUT2D eigenvalue weighted by atomic mass is 10.1. The Morgan fingerprint density at radius 1 is 1.53 bits per heavy atom. The number of Topliss-reactive ketones (excluding diaryl/α,β-unsaturated/α-hetero) is 1. The van der Waals surface area contributed by atoms with Crippen molar-refractivity contribution >= 4 is 24.5 Å². The Hall–Kier alpha value is -0.810. The Morgan fingerprint density at radius 2 is 2.20 bits per heavy atom. The van der Waals surface area contributed by atoms with Gasteiger partial charge in [-0.25, -0.2) is 0 Å². The highest BCUT2D eigenvalue weighted by atomic mass is 32.1. The van der Waals surface area contributed by atoms with Crippen molar-refractivity contribution in [3.8, 4) is 0 Å². The van der Waals surface area contributed by atoms with E-state index in [4.69, 9.17) is 0 Å². The Morgan fingerprint density at radius 3 is 2.67 bits per heavy atom. The summed E-state index contributed by atoms with van der Waals surface area (Å²) in [6, 6.07) is -0.502. The Bertz CT molecular complexity index is 231. The molecule has 0 aliphatic heterocycles. The predicted octanol–water partition coefficient (Wildman–Crippen LogP) is 0.851. The minimum atomic E-state index is -0.586. The van der Waals surface area contributed by atoms with Gasteiger partial charge in [0.2, 0.25) is 5.78 Å². The average Bonchev–Trinajstić information content (AvgIpc) is 2.26. The lowest BCUT2D eigenvalue weighted by Gasteiger charge is -2.12. The van der Waals surface area contributed by atoms with E-state index in [2.05, 4.69) is 29.4 Å². The number of rotatable bonds is 8. The summed E-state index contributed by atoms with van der Waals surface area (Å²) in [4.78, 5) is 22.8. The van der Waals surface area contributed by atoms with Crippen molar-refractivity contribution in [3.05, 3.63) is 12.7 Å². The number of ketones is 1. The molecule has 15 heavy (non-hydrogen) atoms. The van der Waals surface area contributed by atoms with Gasteiger partial charge in [-0.2, -0.15) is 0 Å². The number of nitrogens with one attached hydrogen (secondary N) is 2. The number of thiol groups is 1. The molecule has 0 spiro atoms. The monoisotopic (exact) mass is 230 g/mol. The smallest absolute Gasteiger partial charge is 0.289 e. The molecule has 0 bridgehead atoms. The van der Waals surface area contributed by atoms with E-state index in [-0.39, 0.29) is 0 Å². The normalized spacial score (nSPS) is 11.9. The number of unbranched alkanes of at least 4 members (excludes halogenated alkanes) is 1. The first-order valence-corrected chi connectivity index (χ1v) is 5.44. The van der Waals surface area contributed by atoms with E-state index in [0.717, 1.165) is 12.8 Å². The van der Waals surface area contributed by atoms with Gasteiger partial charge in [0, 0.05) is 6.54 Å². The van der Waals surface area contributed by atoms with Crippen LogP contribution >= 0.6 is 12.8 Å². The van der Waals surface area contributed by atoms with Crippen molar-refractivity contribution in [2.45, 2.75) is 32.2 Å². The molecular weight excluding hydrogens is 212 g/mol. The van der Waals surface area contributed by atoms with Gasteiger partial charge in [0.1, 0.15) is 0 Å². The van der Waals surface area contributed by atoms with Gasteiger partial charge in [0.25, 0.3) is 5.91 Å². The molecule has 0 aromatic heterocycles. The van der Waals surface area contributed by atoms with Gasteiger partial charge in [0.15, 0.2) is 0 Å². The third-order valence-electron chi connectivity index (χ3n) is 1.95. The standard InChI is InChI=1S/C10H18N2O2S/c1-3-5-6-8(12-15)9(13)10(14)11-7-4-2/h4,8,12,15H,2-3,5-7H2,1H3,(H,11,14). The van der Waals surface area contributed by atoms with Crippen molar-refractivity contribution in [3.63, 3.8) is 0 Å². The van der Waals surface area contributed by atoms with Crippen molar-refractivity contribution in [2.24, 2.45) is 0 Å². The molecule has 4 nitrogen and oxygen atoms in total. The predicted molar refractivity (Wildman–Crippen MR) is 63.6 cm³/mol. The number of hydrogen-bond donors (Lipinski definition) is 3. The van der Waals surface area contributed by atoms with Crippen LogP contribution in [-0.2, 0) is 9.59 Å². The summed E-state index contributed by atoms with van der Waals surface area (Å²) in [7, 11) is 0. The fraction of sp³-hybridized carbons (Fsp3) is 0.600. The summed E-state index contributed by atoms with van der Waals surface area (Å²) in [5.74, 6) is -1.06. The Labute approximate surface area is 96.0 Å². The van der Waals surface area contributed by atoms with Crippen LogP contribution in [0, 0.1) is 0 Å². The molecular formula is C10H18N2O2S. The van der Waals surface area contributed by atoms with Gasteiger partial charge >= 0.3 is 0 Å². The summed E-state index contributed by atoms with van der Waals surface area (Å²) in [5.41, 5.74) is 0. The molecule has 5 heteroatoms. The van der Waals surface area contributed by atoms with E-state index in [1.165, 1.54) is 6.08 Å². The second-order valence-corrected chi connectivity index (χ2v) is 3.45. The van der Waals surface area contributed by atoms with Crippen LogP contribution in [0.3, 0.4) is 0 Å². The van der Waals surface area contributed by atoms with Crippen molar-refractivity contribution in [1.82, 2.24) is 10.0 Å². The van der Waals surface area contributed by atoms with E-state index in [0.29, 0.717) is 13.0 Å². The van der Waals surface area contributed by atoms with Crippen LogP contribution in [0.1, 0.15) is 26.2 Å². The summed E-state index contributed by atoms with van der Waals surface area (Å²) < 4.78 is 2.55. The highest BCUT2D eigenvalue weighted by Gasteiger charge is 2.22. The zero-order valence-electron chi connectivity index (χ0n) is 8.95. The molecule has 1 unspecified atom stereocenters. The molecule has 1 atom stereocenters. The largest absolute Gasteiger partial charge is 0.346 e. The summed E-state index contributed by atoms with van der Waals surface area (Å²) in [6.07, 6.45) is 4.02. The third kappa shape index (κ3) is 5.59. The molecule has 0 rings (SSSR count). The van der Waals surface area contributed by atoms with Crippen molar-refractivity contribution < 1.29 is 9.59 Å². The van der Waals surface area contributed by atoms with E-state index < -0.39 is 17.7 Å². The average molecular weight is 230 g/mol. The van der Waals surface area contributed by atoms with Crippen molar-refractivity contribution in [2.75, 3.05) is 6.54 Å². The molecule has 0 aromatic carbocycles. The maximum atomic E-state index is 11.5. The molecule has 0 saturated heterocycles. The lowest BCUT2D eigenvalue weighted by molar-refractivity contribution is -0.138. The maximum Gasteiger partial charge on any atom is 0.289 e.